The average Bonchev–Trinajstić information content (AvgIpc) is 3.27. The summed E-state index contributed by atoms with van der Waals surface area (Å²) in [4.78, 5) is 62.6. The van der Waals surface area contributed by atoms with Crippen LogP contribution >= 0.6 is 0 Å². The van der Waals surface area contributed by atoms with E-state index in [1.807, 2.05) is 44.2 Å². The first-order valence-corrected chi connectivity index (χ1v) is 11.6. The lowest BCUT2D eigenvalue weighted by molar-refractivity contribution is -0.147. The van der Waals surface area contributed by atoms with Gasteiger partial charge in [0.05, 0.1) is 12.5 Å². The molecule has 0 bridgehead atoms. The second-order valence-electron chi connectivity index (χ2n) is 9.17. The van der Waals surface area contributed by atoms with E-state index >= 15 is 0 Å². The maximum absolute atomic E-state index is 13.1. The molecule has 3 amide bonds. The Morgan fingerprint density at radius 3 is 2.29 bits per heavy atom. The fourth-order valence-electron chi connectivity index (χ4n) is 4.09. The second kappa shape index (κ2) is 12.8. The first-order valence-electron chi connectivity index (χ1n) is 11.6. The Labute approximate surface area is 204 Å². The molecule has 4 unspecified atom stereocenters. The topological polar surface area (TPSA) is 179 Å². The van der Waals surface area contributed by atoms with E-state index in [9.17, 15) is 29.1 Å². The summed E-state index contributed by atoms with van der Waals surface area (Å²) in [6, 6.07) is 4.95. The zero-order valence-corrected chi connectivity index (χ0v) is 20.0. The van der Waals surface area contributed by atoms with Gasteiger partial charge >= 0.3 is 11.9 Å². The molecule has 1 aliphatic heterocycles. The van der Waals surface area contributed by atoms with Gasteiger partial charge in [0.2, 0.25) is 17.7 Å². The van der Waals surface area contributed by atoms with Gasteiger partial charge in [0.25, 0.3) is 0 Å². The number of nitrogens with zero attached hydrogens (tertiary/aromatic N) is 1. The van der Waals surface area contributed by atoms with Crippen LogP contribution in [0.1, 0.15) is 45.1 Å². The Bertz CT molecular complexity index is 922. The number of amides is 3. The predicted molar refractivity (Wildman–Crippen MR) is 126 cm³/mol. The monoisotopic (exact) mass is 490 g/mol. The molecule has 2 rings (SSSR count). The number of hydrogen-bond donors (Lipinski definition) is 5. The highest BCUT2D eigenvalue weighted by Crippen LogP contribution is 2.20. The molecule has 1 aliphatic rings. The SMILES string of the molecule is CC(C)CC(NC(=O)C1CCCN1C(=O)C(N)Cc1ccccc1)C(=O)NC(CC(=O)O)C(=O)O. The van der Waals surface area contributed by atoms with Gasteiger partial charge in [0.1, 0.15) is 18.1 Å². The van der Waals surface area contributed by atoms with Crippen molar-refractivity contribution in [2.24, 2.45) is 11.7 Å². The Balaban J connectivity index is 2.08. The highest BCUT2D eigenvalue weighted by Gasteiger charge is 2.38. The third-order valence-electron chi connectivity index (χ3n) is 5.79. The number of rotatable bonds is 12. The number of likely N-dealkylation sites (tertiary alicyclic amines) is 1. The summed E-state index contributed by atoms with van der Waals surface area (Å²) in [6.45, 7) is 4.01. The van der Waals surface area contributed by atoms with E-state index in [1.165, 1.54) is 4.90 Å². The lowest BCUT2D eigenvalue weighted by Crippen LogP contribution is -2.57. The van der Waals surface area contributed by atoms with Gasteiger partial charge in [-0.1, -0.05) is 44.2 Å². The fourth-order valence-corrected chi connectivity index (χ4v) is 4.09. The zero-order chi connectivity index (χ0) is 26.1. The Hall–Kier alpha value is -3.47. The summed E-state index contributed by atoms with van der Waals surface area (Å²) in [7, 11) is 0. The van der Waals surface area contributed by atoms with Crippen molar-refractivity contribution >= 4 is 29.7 Å². The van der Waals surface area contributed by atoms with Crippen LogP contribution < -0.4 is 16.4 Å². The lowest BCUT2D eigenvalue weighted by atomic mass is 10.0. The van der Waals surface area contributed by atoms with Crippen LogP contribution in [0.3, 0.4) is 0 Å². The molecule has 1 aromatic rings. The summed E-state index contributed by atoms with van der Waals surface area (Å²) in [5, 5.41) is 23.0. The Kier molecular flexibility index (Phi) is 10.2. The van der Waals surface area contributed by atoms with E-state index in [1.54, 1.807) is 0 Å². The van der Waals surface area contributed by atoms with Gasteiger partial charge < -0.3 is 31.5 Å². The smallest absolute Gasteiger partial charge is 0.326 e. The van der Waals surface area contributed by atoms with Crippen LogP contribution in [0.4, 0.5) is 0 Å². The fraction of sp³-hybridized carbons (Fsp3) is 0.542. The van der Waals surface area contributed by atoms with Gasteiger partial charge in [-0.25, -0.2) is 4.79 Å². The van der Waals surface area contributed by atoms with Gasteiger partial charge in [-0.3, -0.25) is 19.2 Å². The first kappa shape index (κ1) is 27.8. The van der Waals surface area contributed by atoms with E-state index in [4.69, 9.17) is 10.8 Å². The van der Waals surface area contributed by atoms with E-state index in [0.717, 1.165) is 5.56 Å². The van der Waals surface area contributed by atoms with Crippen LogP contribution in [0.5, 0.6) is 0 Å². The first-order chi connectivity index (χ1) is 16.5. The normalized spacial score (nSPS) is 17.9. The minimum absolute atomic E-state index is 0.0330. The summed E-state index contributed by atoms with van der Waals surface area (Å²) < 4.78 is 0. The molecule has 1 aromatic carbocycles. The number of aliphatic carboxylic acids is 2. The Morgan fingerprint density at radius 2 is 1.71 bits per heavy atom. The van der Waals surface area contributed by atoms with Gasteiger partial charge in [0, 0.05) is 6.54 Å². The molecule has 11 heteroatoms. The van der Waals surface area contributed by atoms with E-state index in [2.05, 4.69) is 10.6 Å². The maximum atomic E-state index is 13.1. The van der Waals surface area contributed by atoms with Crippen molar-refractivity contribution in [3.05, 3.63) is 35.9 Å². The maximum Gasteiger partial charge on any atom is 0.326 e. The summed E-state index contributed by atoms with van der Waals surface area (Å²) in [5.74, 6) is -4.59. The highest BCUT2D eigenvalue weighted by molar-refractivity contribution is 5.95. The van der Waals surface area contributed by atoms with Crippen LogP contribution in [0.25, 0.3) is 0 Å². The van der Waals surface area contributed by atoms with Crippen LogP contribution in [-0.2, 0) is 30.4 Å². The van der Waals surface area contributed by atoms with Gasteiger partial charge in [-0.2, -0.15) is 0 Å². The number of carbonyl (C=O) groups excluding carboxylic acids is 3. The predicted octanol–water partition coefficient (Wildman–Crippen LogP) is 0.122. The number of nitrogens with two attached hydrogens (primary N) is 1. The summed E-state index contributed by atoms with van der Waals surface area (Å²) in [6.07, 6.45) is 0.729. The molecule has 6 N–H and O–H groups in total. The van der Waals surface area contributed by atoms with Crippen molar-refractivity contribution in [1.82, 2.24) is 15.5 Å². The average molecular weight is 491 g/mol. The minimum Gasteiger partial charge on any atom is -0.481 e. The lowest BCUT2D eigenvalue weighted by Gasteiger charge is -2.29. The summed E-state index contributed by atoms with van der Waals surface area (Å²) in [5.41, 5.74) is 7.04. The molecular weight excluding hydrogens is 456 g/mol. The molecule has 1 saturated heterocycles. The van der Waals surface area contributed by atoms with E-state index in [-0.39, 0.29) is 18.2 Å². The molecule has 0 aliphatic carbocycles. The molecule has 1 heterocycles. The number of carboxylic acid groups (broad SMARTS) is 2. The second-order valence-corrected chi connectivity index (χ2v) is 9.17. The molecule has 11 nitrogen and oxygen atoms in total. The van der Waals surface area contributed by atoms with Crippen LogP contribution in [-0.4, -0.2) is 75.5 Å². The molecule has 4 atom stereocenters. The zero-order valence-electron chi connectivity index (χ0n) is 20.0. The van der Waals surface area contributed by atoms with Gasteiger partial charge in [-0.05, 0) is 37.2 Å². The van der Waals surface area contributed by atoms with Crippen molar-refractivity contribution in [3.8, 4) is 0 Å². The number of hydrogen-bond acceptors (Lipinski definition) is 6. The van der Waals surface area contributed by atoms with Gasteiger partial charge in [-0.15, -0.1) is 0 Å². The Morgan fingerprint density at radius 1 is 1.06 bits per heavy atom. The van der Waals surface area contributed by atoms with Crippen molar-refractivity contribution in [1.29, 1.82) is 0 Å². The van der Waals surface area contributed by atoms with Crippen molar-refractivity contribution in [2.75, 3.05) is 6.54 Å². The van der Waals surface area contributed by atoms with E-state index in [0.29, 0.717) is 25.8 Å². The quantitative estimate of drug-likeness (QED) is 0.274. The third-order valence-corrected chi connectivity index (χ3v) is 5.79. The number of benzene rings is 1. The number of carboxylic acids is 2. The van der Waals surface area contributed by atoms with Crippen molar-refractivity contribution in [3.63, 3.8) is 0 Å². The highest BCUT2D eigenvalue weighted by atomic mass is 16.4. The molecule has 35 heavy (non-hydrogen) atoms. The number of carbonyl (C=O) groups is 5. The molecule has 0 radical (unpaired) electrons. The molecule has 0 spiro atoms. The van der Waals surface area contributed by atoms with Crippen molar-refractivity contribution in [2.45, 2.75) is 70.1 Å². The van der Waals surface area contributed by atoms with Crippen LogP contribution in [0.15, 0.2) is 30.3 Å². The molecular formula is C24H34N4O7. The van der Waals surface area contributed by atoms with Crippen LogP contribution in [0, 0.1) is 5.92 Å². The third kappa shape index (κ3) is 8.36. The standard InChI is InChI=1S/C24H34N4O7/c1-14(2)11-17(21(31)27-18(24(34)35)13-20(29)30)26-22(32)19-9-6-10-28(19)23(33)16(25)12-15-7-4-3-5-8-15/h3-5,7-8,14,16-19H,6,9-13,25H2,1-2H3,(H,26,32)(H,27,31)(H,29,30)(H,34,35). The molecule has 0 saturated carbocycles. The minimum atomic E-state index is -1.63. The molecule has 1 fully saturated rings. The molecule has 0 aromatic heterocycles. The van der Waals surface area contributed by atoms with Gasteiger partial charge in [0.15, 0.2) is 0 Å². The van der Waals surface area contributed by atoms with Crippen molar-refractivity contribution < 1.29 is 34.2 Å². The largest absolute Gasteiger partial charge is 0.481 e. The molecule has 192 valence electrons. The van der Waals surface area contributed by atoms with Crippen LogP contribution in [0.2, 0.25) is 0 Å². The van der Waals surface area contributed by atoms with E-state index < -0.39 is 54.3 Å². The summed E-state index contributed by atoms with van der Waals surface area (Å²) >= 11 is 0. The number of nitrogens with one attached hydrogen (secondary N) is 2.